The molecule has 0 unspecified atom stereocenters. The van der Waals surface area contributed by atoms with Gasteiger partial charge in [0.25, 0.3) is 11.8 Å². The number of hydrogen-bond acceptors (Lipinski definition) is 6. The number of benzene rings is 2. The highest BCUT2D eigenvalue weighted by atomic mass is 32.2. The molecule has 250 valence electrons. The van der Waals surface area contributed by atoms with E-state index in [-0.39, 0.29) is 81.3 Å². The van der Waals surface area contributed by atoms with Gasteiger partial charge in [0.15, 0.2) is 0 Å². The lowest BCUT2D eigenvalue weighted by Gasteiger charge is -2.36. The van der Waals surface area contributed by atoms with Crippen LogP contribution in [0.25, 0.3) is 0 Å². The maximum atomic E-state index is 13.8. The second-order valence-corrected chi connectivity index (χ2v) is 14.4. The quantitative estimate of drug-likeness (QED) is 0.436. The van der Waals surface area contributed by atoms with E-state index >= 15 is 0 Å². The first-order valence-corrected chi connectivity index (χ1v) is 16.5. The minimum absolute atomic E-state index is 0.0168. The van der Waals surface area contributed by atoms with Crippen molar-refractivity contribution in [3.8, 4) is 0 Å². The van der Waals surface area contributed by atoms with Crippen LogP contribution < -0.4 is 5.32 Å². The van der Waals surface area contributed by atoms with Crippen LogP contribution in [0.3, 0.4) is 0 Å². The maximum Gasteiger partial charge on any atom is 0.419 e. The zero-order chi connectivity index (χ0) is 33.7. The van der Waals surface area contributed by atoms with E-state index in [1.54, 1.807) is 30.9 Å². The number of carbonyl (C=O) groups is 2. The van der Waals surface area contributed by atoms with Crippen LogP contribution in [0.15, 0.2) is 35.3 Å². The first-order chi connectivity index (χ1) is 21.5. The smallest absolute Gasteiger partial charge is 0.387 e. The number of aliphatic hydroxyl groups is 1. The van der Waals surface area contributed by atoms with Crippen molar-refractivity contribution >= 4 is 27.7 Å². The Morgan fingerprint density at radius 2 is 1.63 bits per heavy atom. The van der Waals surface area contributed by atoms with Gasteiger partial charge in [-0.25, -0.2) is 21.5 Å². The zero-order valence-electron chi connectivity index (χ0n) is 25.4. The average molecular weight is 671 g/mol. The molecule has 46 heavy (non-hydrogen) atoms. The number of likely N-dealkylation sites (tertiary alicyclic amines) is 1. The van der Waals surface area contributed by atoms with Crippen LogP contribution in [0.4, 0.5) is 22.0 Å². The number of amides is 2. The number of piperidine rings is 2. The van der Waals surface area contributed by atoms with E-state index in [2.05, 4.69) is 10.3 Å². The molecule has 0 bridgehead atoms. The minimum Gasteiger partial charge on any atom is -0.387 e. The summed E-state index contributed by atoms with van der Waals surface area (Å²) in [4.78, 5) is 31.9. The Hall–Kier alpha value is -3.43. The van der Waals surface area contributed by atoms with Gasteiger partial charge in [0.1, 0.15) is 23.9 Å². The summed E-state index contributed by atoms with van der Waals surface area (Å²) in [5.41, 5.74) is -1.64. The molecule has 3 heterocycles. The Morgan fingerprint density at radius 3 is 2.20 bits per heavy atom. The predicted molar refractivity (Wildman–Crippen MR) is 159 cm³/mol. The Balaban J connectivity index is 1.22. The number of rotatable bonds is 7. The Labute approximate surface area is 263 Å². The lowest BCUT2D eigenvalue weighted by atomic mass is 9.89. The molecule has 2 aromatic rings. The van der Waals surface area contributed by atoms with Crippen LogP contribution in [-0.4, -0.2) is 90.1 Å². The summed E-state index contributed by atoms with van der Waals surface area (Å²) in [5.74, 6) is -2.59. The Morgan fingerprint density at radius 1 is 1.02 bits per heavy atom. The fourth-order valence-corrected chi connectivity index (χ4v) is 7.79. The number of hydrogen-bond donors (Lipinski definition) is 2. The summed E-state index contributed by atoms with van der Waals surface area (Å²) in [6.45, 7) is 3.13. The molecule has 15 heteroatoms. The predicted octanol–water partition coefficient (Wildman–Crippen LogP) is 3.68. The van der Waals surface area contributed by atoms with Crippen LogP contribution in [-0.2, 0) is 27.4 Å². The molecular formula is C31H35F5N4O5S. The van der Waals surface area contributed by atoms with Gasteiger partial charge in [-0.1, -0.05) is 0 Å². The molecule has 0 radical (unpaired) electrons. The number of sulfonamides is 1. The van der Waals surface area contributed by atoms with Crippen molar-refractivity contribution in [1.82, 2.24) is 14.5 Å². The summed E-state index contributed by atoms with van der Waals surface area (Å²) in [6.07, 6.45) is -4.42. The third kappa shape index (κ3) is 6.67. The van der Waals surface area contributed by atoms with Crippen molar-refractivity contribution < 1.29 is 45.1 Å². The van der Waals surface area contributed by atoms with Gasteiger partial charge in [0.05, 0.1) is 16.9 Å². The fourth-order valence-electron chi connectivity index (χ4n) is 6.33. The molecule has 0 saturated carbocycles. The van der Waals surface area contributed by atoms with Crippen LogP contribution in [0, 0.1) is 19.7 Å². The topological polar surface area (TPSA) is 119 Å². The van der Waals surface area contributed by atoms with Crippen molar-refractivity contribution in [2.24, 2.45) is 4.99 Å². The van der Waals surface area contributed by atoms with Crippen molar-refractivity contribution in [2.75, 3.05) is 38.6 Å². The number of nitrogens with zero attached hydrogens (tertiary/aromatic N) is 3. The lowest BCUT2D eigenvalue weighted by molar-refractivity contribution is -0.140. The highest BCUT2D eigenvalue weighted by Crippen LogP contribution is 2.35. The monoisotopic (exact) mass is 670 g/mol. The first-order valence-electron chi connectivity index (χ1n) is 14.9. The number of aliphatic imine (C=N–C) groups is 1. The third-order valence-corrected chi connectivity index (χ3v) is 11.1. The number of halogens is 5. The molecule has 2 amide bonds. The van der Waals surface area contributed by atoms with E-state index in [1.165, 1.54) is 4.31 Å². The summed E-state index contributed by atoms with van der Waals surface area (Å²) in [6, 6.07) is 5.74. The standard InChI is InChI=1S/C31H35F5N4O5S/c1-19-15-22(27(41)39-10-6-29(43,18-32)7-11-39)16-20(2)23(19)5-14-46(44,45)40-12-8-30(9-13-40)28(42)37-26(38-30)21-3-4-25(33)24(17-21)31(34,35)36/h3-4,15-17,43H,5-14,18H2,1-2H3,(H,37,38,42). The number of nitrogens with one attached hydrogen (secondary N) is 1. The van der Waals surface area contributed by atoms with Gasteiger partial charge in [-0.3, -0.25) is 14.6 Å². The summed E-state index contributed by atoms with van der Waals surface area (Å²) < 4.78 is 94.4. The summed E-state index contributed by atoms with van der Waals surface area (Å²) >= 11 is 0. The van der Waals surface area contributed by atoms with E-state index in [0.29, 0.717) is 17.7 Å². The van der Waals surface area contributed by atoms with E-state index < -0.39 is 51.3 Å². The normalized spacial score (nSPS) is 20.1. The maximum absolute atomic E-state index is 13.8. The third-order valence-electron chi connectivity index (χ3n) is 9.25. The van der Waals surface area contributed by atoms with Gasteiger partial charge < -0.3 is 15.3 Å². The number of carbonyl (C=O) groups excluding carboxylic acids is 2. The van der Waals surface area contributed by atoms with Crippen LogP contribution in [0.5, 0.6) is 0 Å². The molecule has 3 aliphatic heterocycles. The molecule has 2 saturated heterocycles. The van der Waals surface area contributed by atoms with Crippen molar-refractivity contribution in [2.45, 2.75) is 63.3 Å². The van der Waals surface area contributed by atoms with Crippen molar-refractivity contribution in [1.29, 1.82) is 0 Å². The molecule has 2 fully saturated rings. The van der Waals surface area contributed by atoms with Gasteiger partial charge in [0.2, 0.25) is 10.0 Å². The number of aryl methyl sites for hydroxylation is 2. The average Bonchev–Trinajstić information content (AvgIpc) is 3.31. The molecule has 0 aliphatic carbocycles. The van der Waals surface area contributed by atoms with Gasteiger partial charge in [-0.2, -0.15) is 13.2 Å². The van der Waals surface area contributed by atoms with Gasteiger partial charge >= 0.3 is 6.18 Å². The van der Waals surface area contributed by atoms with Crippen molar-refractivity contribution in [3.63, 3.8) is 0 Å². The summed E-state index contributed by atoms with van der Waals surface area (Å²) in [5, 5.41) is 12.6. The molecule has 2 aromatic carbocycles. The largest absolute Gasteiger partial charge is 0.419 e. The molecule has 0 atom stereocenters. The minimum atomic E-state index is -4.93. The van der Waals surface area contributed by atoms with Crippen molar-refractivity contribution in [3.05, 3.63) is 69.5 Å². The molecule has 5 rings (SSSR count). The van der Waals surface area contributed by atoms with E-state index in [0.717, 1.165) is 22.8 Å². The SMILES string of the molecule is Cc1cc(C(=O)N2CCC(O)(CF)CC2)cc(C)c1CCS(=O)(=O)N1CCC2(CC1)N=C(c1ccc(F)c(C(F)(F)F)c1)NC2=O. The second kappa shape index (κ2) is 12.3. The molecular weight excluding hydrogens is 635 g/mol. The molecule has 2 N–H and O–H groups in total. The van der Waals surface area contributed by atoms with E-state index in [4.69, 9.17) is 0 Å². The van der Waals surface area contributed by atoms with Gasteiger partial charge in [-0.05, 0) is 93.0 Å². The summed E-state index contributed by atoms with van der Waals surface area (Å²) in [7, 11) is -3.77. The Bertz CT molecular complexity index is 1660. The fraction of sp³-hybridized carbons (Fsp3) is 0.516. The van der Waals surface area contributed by atoms with E-state index in [9.17, 15) is 45.1 Å². The van der Waals surface area contributed by atoms with Gasteiger partial charge in [0, 0.05) is 37.3 Å². The molecule has 0 aromatic heterocycles. The lowest BCUT2D eigenvalue weighted by Crippen LogP contribution is -2.50. The molecule has 1 spiro atoms. The Kier molecular flexibility index (Phi) is 9.07. The van der Waals surface area contributed by atoms with Crippen LogP contribution in [0.1, 0.15) is 63.9 Å². The van der Waals surface area contributed by atoms with Crippen LogP contribution >= 0.6 is 0 Å². The molecule has 3 aliphatic rings. The highest BCUT2D eigenvalue weighted by Gasteiger charge is 2.48. The number of alkyl halides is 4. The zero-order valence-corrected chi connectivity index (χ0v) is 26.2. The van der Waals surface area contributed by atoms with Gasteiger partial charge in [-0.15, -0.1) is 0 Å². The molecule has 9 nitrogen and oxygen atoms in total. The van der Waals surface area contributed by atoms with Crippen LogP contribution in [0.2, 0.25) is 0 Å². The number of amidine groups is 1. The first kappa shape index (κ1) is 33.9. The second-order valence-electron chi connectivity index (χ2n) is 12.3. The highest BCUT2D eigenvalue weighted by molar-refractivity contribution is 7.89. The van der Waals surface area contributed by atoms with E-state index in [1.807, 2.05) is 0 Å².